The maximum Gasteiger partial charge on any atom is 0.0962 e. The van der Waals surface area contributed by atoms with Gasteiger partial charge in [0.2, 0.25) is 0 Å². The zero-order valence-electron chi connectivity index (χ0n) is 5.58. The molecule has 0 spiro atoms. The SMILES string of the molecule is CNC1NC1(C)NC. The van der Waals surface area contributed by atoms with Gasteiger partial charge in [0, 0.05) is 0 Å². The summed E-state index contributed by atoms with van der Waals surface area (Å²) in [6.45, 7) is 2.12. The highest BCUT2D eigenvalue weighted by Gasteiger charge is 2.46. The smallest absolute Gasteiger partial charge is 0.0962 e. The Kier molecular flexibility index (Phi) is 1.27. The minimum atomic E-state index is 0.148. The van der Waals surface area contributed by atoms with Crippen molar-refractivity contribution in [3.63, 3.8) is 0 Å². The van der Waals surface area contributed by atoms with Crippen LogP contribution in [0, 0.1) is 0 Å². The van der Waals surface area contributed by atoms with E-state index < -0.39 is 0 Å². The third-order valence-electron chi connectivity index (χ3n) is 1.75. The summed E-state index contributed by atoms with van der Waals surface area (Å²) in [5, 5.41) is 9.47. The summed E-state index contributed by atoms with van der Waals surface area (Å²) in [5.41, 5.74) is 0.148. The highest BCUT2D eigenvalue weighted by Crippen LogP contribution is 2.17. The Hall–Kier alpha value is -0.120. The Labute approximate surface area is 49.8 Å². The summed E-state index contributed by atoms with van der Waals surface area (Å²) in [6, 6.07) is 0. The van der Waals surface area contributed by atoms with Crippen molar-refractivity contribution in [1.82, 2.24) is 16.0 Å². The van der Waals surface area contributed by atoms with E-state index in [0.29, 0.717) is 6.17 Å². The largest absolute Gasteiger partial charge is 0.302 e. The van der Waals surface area contributed by atoms with Crippen LogP contribution < -0.4 is 16.0 Å². The second-order valence-corrected chi connectivity index (χ2v) is 2.32. The summed E-state index contributed by atoms with van der Waals surface area (Å²) < 4.78 is 0. The van der Waals surface area contributed by atoms with Gasteiger partial charge in [-0.15, -0.1) is 0 Å². The Balaban J connectivity index is 2.31. The van der Waals surface area contributed by atoms with E-state index >= 15 is 0 Å². The van der Waals surface area contributed by atoms with Gasteiger partial charge < -0.3 is 10.6 Å². The van der Waals surface area contributed by atoms with E-state index in [1.807, 2.05) is 14.1 Å². The second-order valence-electron chi connectivity index (χ2n) is 2.32. The van der Waals surface area contributed by atoms with Crippen LogP contribution in [0.15, 0.2) is 0 Å². The number of nitrogens with one attached hydrogen (secondary N) is 3. The summed E-state index contributed by atoms with van der Waals surface area (Å²) in [6.07, 6.45) is 0.451. The molecule has 3 N–H and O–H groups in total. The predicted octanol–water partition coefficient (Wildman–Crippen LogP) is -0.929. The third kappa shape index (κ3) is 0.727. The van der Waals surface area contributed by atoms with Crippen molar-refractivity contribution in [2.75, 3.05) is 14.1 Å². The molecule has 2 unspecified atom stereocenters. The minimum absolute atomic E-state index is 0.148. The molecule has 1 saturated heterocycles. The van der Waals surface area contributed by atoms with Crippen LogP contribution in [-0.2, 0) is 0 Å². The molecule has 1 aliphatic heterocycles. The van der Waals surface area contributed by atoms with Gasteiger partial charge in [-0.25, -0.2) is 0 Å². The van der Waals surface area contributed by atoms with E-state index in [4.69, 9.17) is 0 Å². The van der Waals surface area contributed by atoms with E-state index in [2.05, 4.69) is 22.9 Å². The first-order valence-electron chi connectivity index (χ1n) is 2.87. The average Bonchev–Trinajstić information content (AvgIpc) is 2.44. The minimum Gasteiger partial charge on any atom is -0.302 e. The van der Waals surface area contributed by atoms with Crippen molar-refractivity contribution in [2.24, 2.45) is 0 Å². The lowest BCUT2D eigenvalue weighted by atomic mass is 10.3. The fourth-order valence-electron chi connectivity index (χ4n) is 0.836. The van der Waals surface area contributed by atoms with Gasteiger partial charge in [0.15, 0.2) is 0 Å². The van der Waals surface area contributed by atoms with E-state index in [-0.39, 0.29) is 5.66 Å². The molecule has 3 heteroatoms. The first kappa shape index (κ1) is 6.01. The molecular formula is C5H13N3. The van der Waals surface area contributed by atoms with Crippen LogP contribution in [0.3, 0.4) is 0 Å². The predicted molar refractivity (Wildman–Crippen MR) is 33.4 cm³/mol. The van der Waals surface area contributed by atoms with Gasteiger partial charge in [0.05, 0.1) is 11.8 Å². The first-order valence-corrected chi connectivity index (χ1v) is 2.87. The van der Waals surface area contributed by atoms with Crippen LogP contribution in [0.25, 0.3) is 0 Å². The van der Waals surface area contributed by atoms with Crippen LogP contribution in [0.2, 0.25) is 0 Å². The van der Waals surface area contributed by atoms with E-state index in [1.54, 1.807) is 0 Å². The molecule has 0 aromatic rings. The molecule has 1 heterocycles. The zero-order chi connectivity index (χ0) is 6.20. The molecule has 0 aromatic carbocycles. The van der Waals surface area contributed by atoms with Crippen LogP contribution in [0.5, 0.6) is 0 Å². The van der Waals surface area contributed by atoms with Crippen molar-refractivity contribution in [3.05, 3.63) is 0 Å². The molecular weight excluding hydrogens is 102 g/mol. The molecule has 0 saturated carbocycles. The maximum atomic E-state index is 3.22. The molecule has 0 radical (unpaired) electrons. The Bertz CT molecular complexity index is 93.7. The standard InChI is InChI=1S/C5H13N3/c1-5(7-3)4(6-2)8-5/h4,6-8H,1-3H3. The van der Waals surface area contributed by atoms with E-state index in [9.17, 15) is 0 Å². The molecule has 0 aromatic heterocycles. The summed E-state index contributed by atoms with van der Waals surface area (Å²) in [5.74, 6) is 0. The van der Waals surface area contributed by atoms with Gasteiger partial charge in [-0.1, -0.05) is 0 Å². The van der Waals surface area contributed by atoms with Crippen LogP contribution in [0.4, 0.5) is 0 Å². The summed E-state index contributed by atoms with van der Waals surface area (Å²) >= 11 is 0. The summed E-state index contributed by atoms with van der Waals surface area (Å²) in [4.78, 5) is 0. The van der Waals surface area contributed by atoms with Crippen molar-refractivity contribution >= 4 is 0 Å². The van der Waals surface area contributed by atoms with Crippen molar-refractivity contribution in [3.8, 4) is 0 Å². The quantitative estimate of drug-likeness (QED) is 0.407. The van der Waals surface area contributed by atoms with Gasteiger partial charge in [-0.2, -0.15) is 0 Å². The highest BCUT2D eigenvalue weighted by atomic mass is 15.4. The summed E-state index contributed by atoms with van der Waals surface area (Å²) in [7, 11) is 3.89. The fraction of sp³-hybridized carbons (Fsp3) is 1.00. The van der Waals surface area contributed by atoms with Crippen molar-refractivity contribution in [1.29, 1.82) is 0 Å². The monoisotopic (exact) mass is 115 g/mol. The number of hydrogen-bond donors (Lipinski definition) is 3. The molecule has 0 bridgehead atoms. The average molecular weight is 115 g/mol. The number of hydrogen-bond acceptors (Lipinski definition) is 3. The molecule has 8 heavy (non-hydrogen) atoms. The number of likely N-dealkylation sites (N-methyl/N-ethyl adjacent to an activating group) is 2. The lowest BCUT2D eigenvalue weighted by Gasteiger charge is -2.03. The van der Waals surface area contributed by atoms with Gasteiger partial charge in [0.1, 0.15) is 0 Å². The molecule has 0 amide bonds. The fourth-order valence-corrected chi connectivity index (χ4v) is 0.836. The van der Waals surface area contributed by atoms with Gasteiger partial charge in [-0.05, 0) is 21.0 Å². The normalized spacial score (nSPS) is 44.6. The molecule has 0 aliphatic carbocycles. The Morgan fingerprint density at radius 3 is 2.25 bits per heavy atom. The lowest BCUT2D eigenvalue weighted by molar-refractivity contribution is 0.547. The van der Waals surface area contributed by atoms with Crippen molar-refractivity contribution in [2.45, 2.75) is 18.8 Å². The Morgan fingerprint density at radius 2 is 2.12 bits per heavy atom. The molecule has 1 rings (SSSR count). The second kappa shape index (κ2) is 1.69. The van der Waals surface area contributed by atoms with E-state index in [1.165, 1.54) is 0 Å². The van der Waals surface area contributed by atoms with Gasteiger partial charge >= 0.3 is 0 Å². The first-order chi connectivity index (χ1) is 3.73. The van der Waals surface area contributed by atoms with Crippen molar-refractivity contribution < 1.29 is 0 Å². The molecule has 48 valence electrons. The molecule has 2 atom stereocenters. The zero-order valence-corrected chi connectivity index (χ0v) is 5.58. The number of rotatable bonds is 2. The Morgan fingerprint density at radius 1 is 1.50 bits per heavy atom. The molecule has 1 fully saturated rings. The van der Waals surface area contributed by atoms with Gasteiger partial charge in [-0.3, -0.25) is 5.32 Å². The van der Waals surface area contributed by atoms with Crippen LogP contribution >= 0.6 is 0 Å². The van der Waals surface area contributed by atoms with E-state index in [0.717, 1.165) is 0 Å². The maximum absolute atomic E-state index is 3.22. The highest BCUT2D eigenvalue weighted by molar-refractivity contribution is 5.05. The third-order valence-corrected chi connectivity index (χ3v) is 1.75. The van der Waals surface area contributed by atoms with Crippen LogP contribution in [-0.4, -0.2) is 25.9 Å². The van der Waals surface area contributed by atoms with Crippen LogP contribution in [0.1, 0.15) is 6.92 Å². The van der Waals surface area contributed by atoms with Gasteiger partial charge in [0.25, 0.3) is 0 Å². The topological polar surface area (TPSA) is 46.0 Å². The molecule has 1 aliphatic rings. The molecule has 3 nitrogen and oxygen atoms in total. The lowest BCUT2D eigenvalue weighted by Crippen LogP contribution is -2.33.